The van der Waals surface area contributed by atoms with Gasteiger partial charge in [-0.2, -0.15) is 5.10 Å². The Morgan fingerprint density at radius 2 is 2.00 bits per heavy atom. The Kier molecular flexibility index (Phi) is 1.87. The van der Waals surface area contributed by atoms with Crippen LogP contribution in [0.1, 0.15) is 0 Å². The third-order valence-electron chi connectivity index (χ3n) is 3.67. The maximum absolute atomic E-state index is 11.9. The van der Waals surface area contributed by atoms with Crippen LogP contribution >= 0.6 is 0 Å². The summed E-state index contributed by atoms with van der Waals surface area (Å²) in [4.78, 5) is 11.9. The van der Waals surface area contributed by atoms with Crippen molar-refractivity contribution in [2.24, 2.45) is 0 Å². The smallest absolute Gasteiger partial charge is 0.272 e. The summed E-state index contributed by atoms with van der Waals surface area (Å²) in [7, 11) is 1.89. The number of rotatable bonds is 1. The number of fused-ring (bicyclic) bond motifs is 3. The van der Waals surface area contributed by atoms with E-state index >= 15 is 0 Å². The first-order valence-corrected chi connectivity index (χ1v) is 6.13. The number of anilines is 1. The summed E-state index contributed by atoms with van der Waals surface area (Å²) < 4.78 is 0. The molecule has 1 aliphatic carbocycles. The number of benzene rings is 2. The van der Waals surface area contributed by atoms with Gasteiger partial charge in [-0.25, -0.2) is 5.10 Å². The van der Waals surface area contributed by atoms with Crippen molar-refractivity contribution >= 4 is 16.5 Å². The predicted molar refractivity (Wildman–Crippen MR) is 76.3 cm³/mol. The third kappa shape index (κ3) is 1.23. The van der Waals surface area contributed by atoms with Crippen LogP contribution in [0, 0.1) is 0 Å². The van der Waals surface area contributed by atoms with E-state index in [4.69, 9.17) is 0 Å². The second-order valence-corrected chi connectivity index (χ2v) is 4.64. The van der Waals surface area contributed by atoms with Gasteiger partial charge >= 0.3 is 0 Å². The average Bonchev–Trinajstić information content (AvgIpc) is 2.78. The molecule has 0 fully saturated rings. The first-order chi connectivity index (χ1) is 9.29. The van der Waals surface area contributed by atoms with Gasteiger partial charge in [-0.3, -0.25) is 4.79 Å². The molecule has 0 bridgehead atoms. The summed E-state index contributed by atoms with van der Waals surface area (Å²) in [6.07, 6.45) is 0. The molecule has 4 heteroatoms. The molecule has 0 amide bonds. The quantitative estimate of drug-likeness (QED) is 0.545. The van der Waals surface area contributed by atoms with Crippen molar-refractivity contribution in [2.45, 2.75) is 0 Å². The van der Waals surface area contributed by atoms with E-state index in [1.807, 2.05) is 31.3 Å². The average molecular weight is 249 g/mol. The molecule has 4 nitrogen and oxygen atoms in total. The van der Waals surface area contributed by atoms with Gasteiger partial charge in [0.05, 0.1) is 11.1 Å². The number of H-pyrrole nitrogens is 1. The van der Waals surface area contributed by atoms with E-state index in [1.165, 1.54) is 0 Å². The highest BCUT2D eigenvalue weighted by Gasteiger charge is 2.23. The number of nitrogens with one attached hydrogen (secondary N) is 2. The molecule has 1 aliphatic rings. The molecule has 92 valence electrons. The Morgan fingerprint density at radius 1 is 1.11 bits per heavy atom. The van der Waals surface area contributed by atoms with Crippen LogP contribution in [0.3, 0.4) is 0 Å². The monoisotopic (exact) mass is 249 g/mol. The molecule has 19 heavy (non-hydrogen) atoms. The largest absolute Gasteiger partial charge is 0.388 e. The van der Waals surface area contributed by atoms with Crippen LogP contribution in [0.4, 0.5) is 5.69 Å². The summed E-state index contributed by atoms with van der Waals surface area (Å²) in [6, 6.07) is 12.0. The Balaban J connectivity index is 2.20. The minimum absolute atomic E-state index is 0.137. The molecule has 2 N–H and O–H groups in total. The highest BCUT2D eigenvalue weighted by Crippen LogP contribution is 2.45. The molecule has 0 saturated heterocycles. The number of nitrogens with zero attached hydrogens (tertiary/aromatic N) is 1. The van der Waals surface area contributed by atoms with Crippen LogP contribution in [0.15, 0.2) is 41.2 Å². The van der Waals surface area contributed by atoms with Crippen molar-refractivity contribution in [3.63, 3.8) is 0 Å². The van der Waals surface area contributed by atoms with Crippen molar-refractivity contribution in [1.82, 2.24) is 10.2 Å². The second-order valence-electron chi connectivity index (χ2n) is 4.64. The van der Waals surface area contributed by atoms with Gasteiger partial charge in [0, 0.05) is 23.7 Å². The normalized spacial score (nSPS) is 11.6. The fourth-order valence-electron chi connectivity index (χ4n) is 2.77. The molecule has 0 aliphatic heterocycles. The molecule has 0 spiro atoms. The van der Waals surface area contributed by atoms with Gasteiger partial charge in [0.1, 0.15) is 0 Å². The topological polar surface area (TPSA) is 57.8 Å². The van der Waals surface area contributed by atoms with E-state index in [0.29, 0.717) is 5.39 Å². The van der Waals surface area contributed by atoms with Crippen molar-refractivity contribution < 1.29 is 0 Å². The lowest BCUT2D eigenvalue weighted by Crippen LogP contribution is -2.08. The Hall–Kier alpha value is -2.62. The zero-order valence-electron chi connectivity index (χ0n) is 10.3. The van der Waals surface area contributed by atoms with Crippen molar-refractivity contribution in [3.8, 4) is 22.4 Å². The molecule has 0 atom stereocenters. The first kappa shape index (κ1) is 10.3. The summed E-state index contributed by atoms with van der Waals surface area (Å²) in [6.45, 7) is 0. The molecule has 1 aromatic heterocycles. The lowest BCUT2D eigenvalue weighted by Gasteiger charge is -2.04. The molecule has 0 saturated carbocycles. The summed E-state index contributed by atoms with van der Waals surface area (Å²) >= 11 is 0. The minimum Gasteiger partial charge on any atom is -0.388 e. The van der Waals surface area contributed by atoms with Crippen LogP contribution in [0.5, 0.6) is 0 Å². The van der Waals surface area contributed by atoms with Crippen LogP contribution in [-0.2, 0) is 0 Å². The van der Waals surface area contributed by atoms with E-state index in [-0.39, 0.29) is 5.56 Å². The van der Waals surface area contributed by atoms with Gasteiger partial charge in [-0.05, 0) is 29.3 Å². The Labute approximate surface area is 109 Å². The van der Waals surface area contributed by atoms with Gasteiger partial charge in [0.15, 0.2) is 0 Å². The van der Waals surface area contributed by atoms with Crippen molar-refractivity contribution in [1.29, 1.82) is 0 Å². The lowest BCUT2D eigenvalue weighted by molar-refractivity contribution is 1.02. The summed E-state index contributed by atoms with van der Waals surface area (Å²) in [5.41, 5.74) is 5.04. The summed E-state index contributed by atoms with van der Waals surface area (Å²) in [5.74, 6) is 0. The Morgan fingerprint density at radius 3 is 2.84 bits per heavy atom. The molecular formula is C15H11N3O. The first-order valence-electron chi connectivity index (χ1n) is 6.13. The second kappa shape index (κ2) is 3.45. The van der Waals surface area contributed by atoms with Gasteiger partial charge in [-0.15, -0.1) is 0 Å². The van der Waals surface area contributed by atoms with E-state index in [2.05, 4.69) is 27.6 Å². The SMILES string of the molecule is CNc1ccc2c(c1)-c1n[nH]c(=O)c3cccc-2c13. The standard InChI is InChI=1S/C15H11N3O/c1-16-8-5-6-9-10-3-2-4-11-13(10)14(12(9)7-8)17-18-15(11)19/h2-7,16H,1H3,(H,18,19). The maximum Gasteiger partial charge on any atom is 0.272 e. The summed E-state index contributed by atoms with van der Waals surface area (Å²) in [5, 5.41) is 11.6. The molecule has 1 heterocycles. The number of hydrogen-bond acceptors (Lipinski definition) is 3. The Bertz CT molecular complexity index is 880. The van der Waals surface area contributed by atoms with E-state index < -0.39 is 0 Å². The van der Waals surface area contributed by atoms with Crippen molar-refractivity contribution in [3.05, 3.63) is 46.8 Å². The van der Waals surface area contributed by atoms with Crippen LogP contribution in [0.25, 0.3) is 33.2 Å². The lowest BCUT2D eigenvalue weighted by atomic mass is 10.0. The highest BCUT2D eigenvalue weighted by atomic mass is 16.1. The van der Waals surface area contributed by atoms with Gasteiger partial charge in [-0.1, -0.05) is 18.2 Å². The maximum atomic E-state index is 11.9. The molecule has 0 radical (unpaired) electrons. The molecule has 2 aromatic carbocycles. The minimum atomic E-state index is -0.137. The number of aromatic amines is 1. The zero-order chi connectivity index (χ0) is 13.0. The molecular weight excluding hydrogens is 238 g/mol. The number of hydrogen-bond donors (Lipinski definition) is 2. The molecule has 4 rings (SSSR count). The van der Waals surface area contributed by atoms with Gasteiger partial charge in [0.25, 0.3) is 5.56 Å². The predicted octanol–water partition coefficient (Wildman–Crippen LogP) is 2.61. The third-order valence-corrected chi connectivity index (χ3v) is 3.67. The fourth-order valence-corrected chi connectivity index (χ4v) is 2.77. The molecule has 0 unspecified atom stereocenters. The van der Waals surface area contributed by atoms with Crippen LogP contribution in [0.2, 0.25) is 0 Å². The van der Waals surface area contributed by atoms with Crippen LogP contribution < -0.4 is 10.9 Å². The zero-order valence-corrected chi connectivity index (χ0v) is 10.3. The van der Waals surface area contributed by atoms with Gasteiger partial charge in [0.2, 0.25) is 0 Å². The van der Waals surface area contributed by atoms with E-state index in [0.717, 1.165) is 33.5 Å². The fraction of sp³-hybridized carbons (Fsp3) is 0.0667. The van der Waals surface area contributed by atoms with Gasteiger partial charge < -0.3 is 5.32 Å². The van der Waals surface area contributed by atoms with E-state index in [1.54, 1.807) is 0 Å². The number of aromatic nitrogens is 2. The highest BCUT2D eigenvalue weighted by molar-refractivity contribution is 6.13. The van der Waals surface area contributed by atoms with Crippen molar-refractivity contribution in [2.75, 3.05) is 12.4 Å². The van der Waals surface area contributed by atoms with E-state index in [9.17, 15) is 4.79 Å². The van der Waals surface area contributed by atoms with Crippen LogP contribution in [-0.4, -0.2) is 17.2 Å². The molecule has 3 aromatic rings.